The van der Waals surface area contributed by atoms with Crippen LogP contribution in [-0.4, -0.2) is 17.0 Å². The van der Waals surface area contributed by atoms with Gasteiger partial charge >= 0.3 is 0 Å². The molecule has 1 unspecified atom stereocenters. The molecule has 2 rings (SSSR count). The lowest BCUT2D eigenvalue weighted by molar-refractivity contribution is 0.574. The van der Waals surface area contributed by atoms with Crippen LogP contribution in [0.3, 0.4) is 0 Å². The fraction of sp³-hybridized carbons (Fsp3) is 0.333. The molecular formula is C15H19N3. The van der Waals surface area contributed by atoms with E-state index in [0.717, 1.165) is 12.1 Å². The predicted octanol–water partition coefficient (Wildman–Crippen LogP) is 2.60. The van der Waals surface area contributed by atoms with Crippen molar-refractivity contribution in [2.75, 3.05) is 7.05 Å². The number of nitrogens with zero attached hydrogens (tertiary/aromatic N) is 2. The number of nitrogens with one attached hydrogen (secondary N) is 1. The van der Waals surface area contributed by atoms with Gasteiger partial charge < -0.3 is 5.32 Å². The highest BCUT2D eigenvalue weighted by molar-refractivity contribution is 5.29. The number of hydrogen-bond donors (Lipinski definition) is 1. The number of aryl methyl sites for hydroxylation is 2. The molecule has 3 heteroatoms. The Kier molecular flexibility index (Phi) is 4.05. The summed E-state index contributed by atoms with van der Waals surface area (Å²) in [6, 6.07) is 8.86. The van der Waals surface area contributed by atoms with Crippen molar-refractivity contribution in [2.24, 2.45) is 0 Å². The zero-order valence-electron chi connectivity index (χ0n) is 11.1. The molecule has 2 aromatic rings. The van der Waals surface area contributed by atoms with Gasteiger partial charge in [0.15, 0.2) is 0 Å². The molecular weight excluding hydrogens is 222 g/mol. The van der Waals surface area contributed by atoms with Crippen LogP contribution in [0.4, 0.5) is 0 Å². The summed E-state index contributed by atoms with van der Waals surface area (Å²) in [4.78, 5) is 8.28. The van der Waals surface area contributed by atoms with Crippen molar-refractivity contribution < 1.29 is 0 Å². The minimum atomic E-state index is 0.231. The average molecular weight is 241 g/mol. The van der Waals surface area contributed by atoms with E-state index in [9.17, 15) is 0 Å². The van der Waals surface area contributed by atoms with Crippen molar-refractivity contribution in [1.29, 1.82) is 0 Å². The predicted molar refractivity (Wildman–Crippen MR) is 73.5 cm³/mol. The maximum atomic E-state index is 4.32. The first-order valence-electron chi connectivity index (χ1n) is 6.19. The Morgan fingerprint density at radius 2 is 1.89 bits per heavy atom. The van der Waals surface area contributed by atoms with E-state index < -0.39 is 0 Å². The average Bonchev–Trinajstić information content (AvgIpc) is 2.36. The minimum Gasteiger partial charge on any atom is -0.311 e. The zero-order valence-corrected chi connectivity index (χ0v) is 11.1. The molecule has 1 N–H and O–H groups in total. The standard InChI is InChI=1S/C15H19N3/c1-11-6-12(2)8-13(7-11)9-15(16-3)14-4-5-17-10-18-14/h4-8,10,15-16H,9H2,1-3H3. The highest BCUT2D eigenvalue weighted by atomic mass is 14.9. The summed E-state index contributed by atoms with van der Waals surface area (Å²) in [5.74, 6) is 0. The summed E-state index contributed by atoms with van der Waals surface area (Å²) >= 11 is 0. The van der Waals surface area contributed by atoms with Gasteiger partial charge in [-0.25, -0.2) is 9.97 Å². The minimum absolute atomic E-state index is 0.231. The molecule has 0 aliphatic carbocycles. The van der Waals surface area contributed by atoms with Gasteiger partial charge in [-0.3, -0.25) is 0 Å². The van der Waals surface area contributed by atoms with Gasteiger partial charge in [-0.15, -0.1) is 0 Å². The normalized spacial score (nSPS) is 12.4. The highest BCUT2D eigenvalue weighted by Gasteiger charge is 2.11. The van der Waals surface area contributed by atoms with Gasteiger partial charge in [-0.1, -0.05) is 29.3 Å². The SMILES string of the molecule is CNC(Cc1cc(C)cc(C)c1)c1ccncn1. The van der Waals surface area contributed by atoms with Crippen LogP contribution < -0.4 is 5.32 Å². The lowest BCUT2D eigenvalue weighted by Crippen LogP contribution is -2.20. The number of benzene rings is 1. The number of aromatic nitrogens is 2. The summed E-state index contributed by atoms with van der Waals surface area (Å²) in [5.41, 5.74) is 4.99. The second kappa shape index (κ2) is 5.74. The third-order valence-electron chi connectivity index (χ3n) is 3.03. The second-order valence-corrected chi connectivity index (χ2v) is 4.68. The van der Waals surface area contributed by atoms with Crippen LogP contribution in [0.5, 0.6) is 0 Å². The van der Waals surface area contributed by atoms with E-state index in [1.54, 1.807) is 12.5 Å². The topological polar surface area (TPSA) is 37.8 Å². The fourth-order valence-electron chi connectivity index (χ4n) is 2.28. The molecule has 3 nitrogen and oxygen atoms in total. The van der Waals surface area contributed by atoms with Gasteiger partial charge in [0.2, 0.25) is 0 Å². The van der Waals surface area contributed by atoms with Crippen molar-refractivity contribution in [2.45, 2.75) is 26.3 Å². The molecule has 18 heavy (non-hydrogen) atoms. The second-order valence-electron chi connectivity index (χ2n) is 4.68. The molecule has 1 heterocycles. The van der Waals surface area contributed by atoms with E-state index in [0.29, 0.717) is 0 Å². The summed E-state index contributed by atoms with van der Waals surface area (Å²) in [6.07, 6.45) is 4.32. The van der Waals surface area contributed by atoms with Crippen molar-refractivity contribution in [3.8, 4) is 0 Å². The van der Waals surface area contributed by atoms with E-state index in [1.807, 2.05) is 13.1 Å². The Morgan fingerprint density at radius 1 is 1.17 bits per heavy atom. The first-order chi connectivity index (χ1) is 8.69. The van der Waals surface area contributed by atoms with Gasteiger partial charge in [-0.05, 0) is 38.9 Å². The van der Waals surface area contributed by atoms with Crippen molar-refractivity contribution in [1.82, 2.24) is 15.3 Å². The fourth-order valence-corrected chi connectivity index (χ4v) is 2.28. The monoisotopic (exact) mass is 241 g/mol. The first-order valence-corrected chi connectivity index (χ1v) is 6.19. The van der Waals surface area contributed by atoms with E-state index >= 15 is 0 Å². The van der Waals surface area contributed by atoms with Gasteiger partial charge in [0.1, 0.15) is 6.33 Å². The van der Waals surface area contributed by atoms with Gasteiger partial charge in [0.25, 0.3) is 0 Å². The van der Waals surface area contributed by atoms with E-state index in [4.69, 9.17) is 0 Å². The van der Waals surface area contributed by atoms with Crippen molar-refractivity contribution in [3.63, 3.8) is 0 Å². The van der Waals surface area contributed by atoms with Crippen LogP contribution in [0.2, 0.25) is 0 Å². The Morgan fingerprint density at radius 3 is 2.44 bits per heavy atom. The third-order valence-corrected chi connectivity index (χ3v) is 3.03. The molecule has 0 bridgehead atoms. The maximum absolute atomic E-state index is 4.32. The molecule has 0 spiro atoms. The third kappa shape index (κ3) is 3.14. The Balaban J connectivity index is 2.20. The van der Waals surface area contributed by atoms with Gasteiger partial charge in [0, 0.05) is 6.20 Å². The number of hydrogen-bond acceptors (Lipinski definition) is 3. The Hall–Kier alpha value is -1.74. The number of rotatable bonds is 4. The first kappa shape index (κ1) is 12.7. The van der Waals surface area contributed by atoms with E-state index in [2.05, 4.69) is 47.3 Å². The van der Waals surface area contributed by atoms with Crippen LogP contribution in [0, 0.1) is 13.8 Å². The Bertz CT molecular complexity index is 488. The van der Waals surface area contributed by atoms with Crippen LogP contribution >= 0.6 is 0 Å². The van der Waals surface area contributed by atoms with Gasteiger partial charge in [-0.2, -0.15) is 0 Å². The smallest absolute Gasteiger partial charge is 0.115 e. The summed E-state index contributed by atoms with van der Waals surface area (Å²) in [6.45, 7) is 4.27. The van der Waals surface area contributed by atoms with Crippen LogP contribution in [0.25, 0.3) is 0 Å². The Labute approximate surface area is 108 Å². The van der Waals surface area contributed by atoms with E-state index in [1.165, 1.54) is 16.7 Å². The van der Waals surface area contributed by atoms with E-state index in [-0.39, 0.29) is 6.04 Å². The molecule has 94 valence electrons. The largest absolute Gasteiger partial charge is 0.311 e. The molecule has 0 fully saturated rings. The zero-order chi connectivity index (χ0) is 13.0. The quantitative estimate of drug-likeness (QED) is 0.894. The van der Waals surface area contributed by atoms with Crippen LogP contribution in [-0.2, 0) is 6.42 Å². The summed E-state index contributed by atoms with van der Waals surface area (Å²) in [7, 11) is 1.97. The summed E-state index contributed by atoms with van der Waals surface area (Å²) in [5, 5.41) is 3.32. The molecule has 1 aromatic carbocycles. The molecule has 0 saturated carbocycles. The molecule has 0 aliphatic rings. The molecule has 1 atom stereocenters. The summed E-state index contributed by atoms with van der Waals surface area (Å²) < 4.78 is 0. The van der Waals surface area contributed by atoms with Gasteiger partial charge in [0.05, 0.1) is 11.7 Å². The lowest BCUT2D eigenvalue weighted by atomic mass is 9.99. The molecule has 1 aromatic heterocycles. The maximum Gasteiger partial charge on any atom is 0.115 e. The van der Waals surface area contributed by atoms with Crippen molar-refractivity contribution >= 4 is 0 Å². The highest BCUT2D eigenvalue weighted by Crippen LogP contribution is 2.17. The lowest BCUT2D eigenvalue weighted by Gasteiger charge is -2.16. The number of likely N-dealkylation sites (N-methyl/N-ethyl adjacent to an activating group) is 1. The van der Waals surface area contributed by atoms with Crippen molar-refractivity contribution in [3.05, 3.63) is 59.2 Å². The van der Waals surface area contributed by atoms with Crippen LogP contribution in [0.1, 0.15) is 28.4 Å². The molecule has 0 amide bonds. The molecule has 0 saturated heterocycles. The molecule has 0 radical (unpaired) electrons. The van der Waals surface area contributed by atoms with Crippen LogP contribution in [0.15, 0.2) is 36.8 Å². The molecule has 0 aliphatic heterocycles.